The zero-order valence-electron chi connectivity index (χ0n) is 15.3. The number of ether oxygens (including phenoxy) is 1. The number of aromatic nitrogens is 2. The molecule has 28 heavy (non-hydrogen) atoms. The molecule has 1 amide bonds. The molecule has 144 valence electrons. The van der Waals surface area contributed by atoms with Crippen LogP contribution in [0.25, 0.3) is 11.4 Å². The van der Waals surface area contributed by atoms with Crippen molar-refractivity contribution in [3.8, 4) is 17.1 Å². The molecule has 3 aromatic rings. The first-order valence-electron chi connectivity index (χ1n) is 9.24. The van der Waals surface area contributed by atoms with Crippen molar-refractivity contribution in [1.29, 1.82) is 0 Å². The molecule has 0 atom stereocenters. The number of hydrogen-bond acceptors (Lipinski definition) is 5. The number of rotatable bonds is 5. The summed E-state index contributed by atoms with van der Waals surface area (Å²) < 4.78 is 24.0. The maximum absolute atomic E-state index is 13.0. The minimum absolute atomic E-state index is 0.0279. The van der Waals surface area contributed by atoms with Crippen LogP contribution < -0.4 is 4.74 Å². The molecule has 4 rings (SSSR count). The van der Waals surface area contributed by atoms with Crippen molar-refractivity contribution in [3.05, 3.63) is 66.3 Å². The smallest absolute Gasteiger partial charge is 0.260 e. The Bertz CT molecular complexity index is 920. The highest BCUT2D eigenvalue weighted by molar-refractivity contribution is 5.77. The van der Waals surface area contributed by atoms with Crippen LogP contribution >= 0.6 is 0 Å². The van der Waals surface area contributed by atoms with Gasteiger partial charge in [0.05, 0.1) is 0 Å². The molecular weight excluding hydrogens is 361 g/mol. The number of benzene rings is 2. The summed E-state index contributed by atoms with van der Waals surface area (Å²) in [6.07, 6.45) is 1.50. The van der Waals surface area contributed by atoms with Crippen LogP contribution in [0.1, 0.15) is 24.7 Å². The molecule has 2 aromatic carbocycles. The van der Waals surface area contributed by atoms with E-state index in [4.69, 9.17) is 9.26 Å². The molecule has 1 aliphatic heterocycles. The normalized spacial score (nSPS) is 14.8. The van der Waals surface area contributed by atoms with Gasteiger partial charge in [0.2, 0.25) is 11.7 Å². The average molecular weight is 381 g/mol. The molecule has 7 heteroatoms. The maximum atomic E-state index is 13.0. The zero-order chi connectivity index (χ0) is 19.3. The van der Waals surface area contributed by atoms with Gasteiger partial charge in [-0.1, -0.05) is 23.4 Å². The third-order valence-electron chi connectivity index (χ3n) is 4.85. The summed E-state index contributed by atoms with van der Waals surface area (Å²) in [5.41, 5.74) is 0.710. The van der Waals surface area contributed by atoms with Crippen LogP contribution in [-0.4, -0.2) is 40.6 Å². The third kappa shape index (κ3) is 4.19. The van der Waals surface area contributed by atoms with Gasteiger partial charge >= 0.3 is 0 Å². The first kappa shape index (κ1) is 18.2. The largest absolute Gasteiger partial charge is 0.484 e. The molecule has 1 saturated heterocycles. The van der Waals surface area contributed by atoms with Crippen molar-refractivity contribution in [2.75, 3.05) is 19.7 Å². The number of piperidine rings is 1. The lowest BCUT2D eigenvalue weighted by Crippen LogP contribution is -2.40. The van der Waals surface area contributed by atoms with E-state index in [1.165, 1.54) is 12.1 Å². The molecule has 0 bridgehead atoms. The van der Waals surface area contributed by atoms with Crippen molar-refractivity contribution in [1.82, 2.24) is 15.0 Å². The number of carbonyl (C=O) groups is 1. The topological polar surface area (TPSA) is 68.5 Å². The summed E-state index contributed by atoms with van der Waals surface area (Å²) in [7, 11) is 0. The van der Waals surface area contributed by atoms with Crippen molar-refractivity contribution >= 4 is 5.91 Å². The van der Waals surface area contributed by atoms with Crippen LogP contribution in [0.4, 0.5) is 4.39 Å². The molecule has 0 radical (unpaired) electrons. The van der Waals surface area contributed by atoms with E-state index in [0.29, 0.717) is 36.1 Å². The van der Waals surface area contributed by atoms with Gasteiger partial charge in [0.25, 0.3) is 5.91 Å². The van der Waals surface area contributed by atoms with Crippen LogP contribution in [0.15, 0.2) is 59.1 Å². The van der Waals surface area contributed by atoms with E-state index in [9.17, 15) is 9.18 Å². The number of likely N-dealkylation sites (tertiary alicyclic amines) is 1. The molecule has 0 N–H and O–H groups in total. The highest BCUT2D eigenvalue weighted by Gasteiger charge is 2.27. The van der Waals surface area contributed by atoms with E-state index in [0.717, 1.165) is 12.8 Å². The van der Waals surface area contributed by atoms with Gasteiger partial charge in [-0.15, -0.1) is 0 Å². The molecule has 1 fully saturated rings. The van der Waals surface area contributed by atoms with Gasteiger partial charge in [0.15, 0.2) is 6.61 Å². The summed E-state index contributed by atoms with van der Waals surface area (Å²) in [5.74, 6) is 1.48. The van der Waals surface area contributed by atoms with Crippen LogP contribution in [0.2, 0.25) is 0 Å². The molecule has 0 spiro atoms. The van der Waals surface area contributed by atoms with Gasteiger partial charge in [0.1, 0.15) is 11.6 Å². The summed E-state index contributed by atoms with van der Waals surface area (Å²) in [5, 5.41) is 4.00. The Hall–Kier alpha value is -3.22. The highest BCUT2D eigenvalue weighted by atomic mass is 19.1. The Morgan fingerprint density at radius 3 is 2.54 bits per heavy atom. The summed E-state index contributed by atoms with van der Waals surface area (Å²) in [4.78, 5) is 18.6. The Morgan fingerprint density at radius 1 is 1.11 bits per heavy atom. The number of amides is 1. The molecule has 1 aromatic heterocycles. The SMILES string of the molecule is O=C(COc1ccccc1)N1CCC(c2nc(-c3ccc(F)cc3)no2)CC1. The molecule has 0 unspecified atom stereocenters. The second-order valence-corrected chi connectivity index (χ2v) is 6.72. The van der Waals surface area contributed by atoms with E-state index in [1.807, 2.05) is 30.3 Å². The van der Waals surface area contributed by atoms with Gasteiger partial charge in [-0.05, 0) is 49.2 Å². The monoisotopic (exact) mass is 381 g/mol. The number of para-hydroxylation sites is 1. The average Bonchev–Trinajstić information content (AvgIpc) is 3.24. The molecule has 0 aliphatic carbocycles. The Balaban J connectivity index is 1.30. The van der Waals surface area contributed by atoms with Crippen LogP contribution in [-0.2, 0) is 4.79 Å². The van der Waals surface area contributed by atoms with Crippen molar-refractivity contribution < 1.29 is 18.4 Å². The molecular formula is C21H20FN3O3. The highest BCUT2D eigenvalue weighted by Crippen LogP contribution is 2.28. The second-order valence-electron chi connectivity index (χ2n) is 6.72. The first-order valence-corrected chi connectivity index (χ1v) is 9.24. The van der Waals surface area contributed by atoms with Crippen LogP contribution in [0.3, 0.4) is 0 Å². The van der Waals surface area contributed by atoms with Crippen molar-refractivity contribution in [2.24, 2.45) is 0 Å². The fourth-order valence-corrected chi connectivity index (χ4v) is 3.25. The Kier molecular flexibility index (Phi) is 5.32. The summed E-state index contributed by atoms with van der Waals surface area (Å²) >= 11 is 0. The van der Waals surface area contributed by atoms with Crippen LogP contribution in [0.5, 0.6) is 5.75 Å². The number of carbonyl (C=O) groups excluding carboxylic acids is 1. The van der Waals surface area contributed by atoms with Crippen molar-refractivity contribution in [2.45, 2.75) is 18.8 Å². The van der Waals surface area contributed by atoms with E-state index in [2.05, 4.69) is 10.1 Å². The first-order chi connectivity index (χ1) is 13.7. The predicted octanol–water partition coefficient (Wildman–Crippen LogP) is 3.66. The fourth-order valence-electron chi connectivity index (χ4n) is 3.25. The summed E-state index contributed by atoms with van der Waals surface area (Å²) in [6.45, 7) is 1.27. The van der Waals surface area contributed by atoms with Crippen molar-refractivity contribution in [3.63, 3.8) is 0 Å². The minimum atomic E-state index is -0.305. The van der Waals surface area contributed by atoms with Crippen LogP contribution in [0, 0.1) is 5.82 Å². The second kappa shape index (κ2) is 8.21. The van der Waals surface area contributed by atoms with E-state index >= 15 is 0 Å². The van der Waals surface area contributed by atoms with Gasteiger partial charge in [-0.3, -0.25) is 4.79 Å². The van der Waals surface area contributed by atoms with E-state index in [1.54, 1.807) is 17.0 Å². The molecule has 0 saturated carbocycles. The quantitative estimate of drug-likeness (QED) is 0.675. The predicted molar refractivity (Wildman–Crippen MR) is 100 cm³/mol. The Morgan fingerprint density at radius 2 is 1.82 bits per heavy atom. The van der Waals surface area contributed by atoms with Gasteiger partial charge < -0.3 is 14.2 Å². The fraction of sp³-hybridized carbons (Fsp3) is 0.286. The lowest BCUT2D eigenvalue weighted by molar-refractivity contribution is -0.134. The standard InChI is InChI=1S/C21H20FN3O3/c22-17-8-6-15(7-9-17)20-23-21(28-24-20)16-10-12-25(13-11-16)19(26)14-27-18-4-2-1-3-5-18/h1-9,16H,10-14H2. The maximum Gasteiger partial charge on any atom is 0.260 e. The van der Waals surface area contributed by atoms with E-state index < -0.39 is 0 Å². The lowest BCUT2D eigenvalue weighted by atomic mass is 9.97. The van der Waals surface area contributed by atoms with Gasteiger partial charge in [-0.25, -0.2) is 4.39 Å². The molecule has 2 heterocycles. The Labute approximate surface area is 161 Å². The van der Waals surface area contributed by atoms with Gasteiger partial charge in [0, 0.05) is 24.6 Å². The van der Waals surface area contributed by atoms with Gasteiger partial charge in [-0.2, -0.15) is 4.98 Å². The lowest BCUT2D eigenvalue weighted by Gasteiger charge is -2.30. The number of halogens is 1. The number of hydrogen-bond donors (Lipinski definition) is 0. The summed E-state index contributed by atoms with van der Waals surface area (Å²) in [6, 6.07) is 15.3. The third-order valence-corrected chi connectivity index (χ3v) is 4.85. The molecule has 6 nitrogen and oxygen atoms in total. The minimum Gasteiger partial charge on any atom is -0.484 e. The zero-order valence-corrected chi connectivity index (χ0v) is 15.3. The van der Waals surface area contributed by atoms with E-state index in [-0.39, 0.29) is 24.2 Å². The number of nitrogens with zero attached hydrogens (tertiary/aromatic N) is 3. The molecule has 1 aliphatic rings.